The molecule has 0 unspecified atom stereocenters. The molecule has 5 heteroatoms. The Morgan fingerprint density at radius 3 is 2.11 bits per heavy atom. The standard InChI is InChI=1S/C9H14NO.5CH3.2ClH.Ti/c1-2-3-8-11-10-9-6-4-5-7-9;;;;;;;;/h4-6H,2-3,7-8H2,1H3;5*1H3;2*1H;/q-1;;;;;;;;+3/p-2. The largest absolute Gasteiger partial charge is 1.00 e. The summed E-state index contributed by atoms with van der Waals surface area (Å²) in [5, 5.41) is 12.0. The third kappa shape index (κ3) is 7.20. The second kappa shape index (κ2) is 6.53. The fourth-order valence-electron chi connectivity index (χ4n) is 2.01. The molecule has 0 fully saturated rings. The summed E-state index contributed by atoms with van der Waals surface area (Å²) in [4.78, 5) is 6.15. The third-order valence-corrected chi connectivity index (χ3v) is 6.57. The topological polar surface area (TPSA) is 12.5 Å². The Morgan fingerprint density at radius 1 is 1.16 bits per heavy atom. The molecule has 0 saturated carbocycles. The molecule has 0 aromatic heterocycles. The number of hydrogen-bond acceptors (Lipinski definition) is 2. The van der Waals surface area contributed by atoms with E-state index in [1.807, 2.05) is 0 Å². The monoisotopic (exact) mass is 345 g/mol. The Bertz CT molecular complexity index is 343. The molecule has 114 valence electrons. The summed E-state index contributed by atoms with van der Waals surface area (Å²) in [5.74, 6) is 0. The molecule has 0 heterocycles. The van der Waals surface area contributed by atoms with Crippen molar-refractivity contribution in [1.82, 2.24) is 3.55 Å². The van der Waals surface area contributed by atoms with Crippen LogP contribution in [0.3, 0.4) is 0 Å². The van der Waals surface area contributed by atoms with Crippen LogP contribution in [0.1, 0.15) is 26.2 Å². The molecule has 2 nitrogen and oxygen atoms in total. The molecule has 0 spiro atoms. The van der Waals surface area contributed by atoms with Crippen molar-refractivity contribution in [3.05, 3.63) is 23.9 Å². The van der Waals surface area contributed by atoms with Crippen LogP contribution < -0.4 is 24.8 Å². The Morgan fingerprint density at radius 2 is 1.74 bits per heavy atom. The summed E-state index contributed by atoms with van der Waals surface area (Å²) in [6.45, 7) is 3.03. The SMILES string of the molecule is CCCCO[N](C1=CC=CC1)[Ti+2]([CH3])([CH3])([CH3])([CH3])[CH3].[Cl-].[Cl-]. The van der Waals surface area contributed by atoms with Crippen LogP contribution in [0.25, 0.3) is 0 Å². The van der Waals surface area contributed by atoms with E-state index in [9.17, 15) is 0 Å². The average Bonchev–Trinajstić information content (AvgIpc) is 2.60. The van der Waals surface area contributed by atoms with Gasteiger partial charge >= 0.3 is 106 Å². The minimum atomic E-state index is -3.16. The van der Waals surface area contributed by atoms with Crippen molar-refractivity contribution in [3.8, 4) is 0 Å². The number of allylic oxidation sites excluding steroid dienone is 3. The zero-order valence-electron chi connectivity index (χ0n) is 13.2. The van der Waals surface area contributed by atoms with Gasteiger partial charge in [-0.2, -0.15) is 0 Å². The van der Waals surface area contributed by atoms with Gasteiger partial charge in [-0.1, -0.05) is 0 Å². The first-order chi connectivity index (χ1) is 7.54. The van der Waals surface area contributed by atoms with Gasteiger partial charge in [-0.3, -0.25) is 0 Å². The minimum absolute atomic E-state index is 0. The van der Waals surface area contributed by atoms with Crippen LogP contribution in [-0.2, 0) is 19.1 Å². The molecule has 0 aromatic rings. The van der Waals surface area contributed by atoms with Gasteiger partial charge in [-0.15, -0.1) is 0 Å². The van der Waals surface area contributed by atoms with Gasteiger partial charge in [0.15, 0.2) is 0 Å². The minimum Gasteiger partial charge on any atom is -1.00 e. The number of halogens is 2. The van der Waals surface area contributed by atoms with Crippen molar-refractivity contribution in [2.24, 2.45) is 0 Å². The van der Waals surface area contributed by atoms with Crippen molar-refractivity contribution >= 4 is 0 Å². The van der Waals surface area contributed by atoms with Gasteiger partial charge in [0.25, 0.3) is 0 Å². The van der Waals surface area contributed by atoms with E-state index in [1.165, 1.54) is 12.1 Å². The van der Waals surface area contributed by atoms with E-state index in [-0.39, 0.29) is 24.8 Å². The van der Waals surface area contributed by atoms with E-state index >= 15 is 0 Å². The molecule has 0 saturated heterocycles. The van der Waals surface area contributed by atoms with Crippen molar-refractivity contribution in [1.29, 1.82) is 0 Å². The van der Waals surface area contributed by atoms with E-state index in [2.05, 4.69) is 54.8 Å². The van der Waals surface area contributed by atoms with E-state index < -0.39 is 14.3 Å². The molecular formula is C14H29Cl2NOTi. The quantitative estimate of drug-likeness (QED) is 0.357. The molecule has 0 aromatic carbocycles. The van der Waals surface area contributed by atoms with E-state index in [4.69, 9.17) is 4.84 Å². The maximum Gasteiger partial charge on any atom is -1.00 e. The van der Waals surface area contributed by atoms with E-state index in [0.29, 0.717) is 0 Å². The third-order valence-electron chi connectivity index (χ3n) is 2.75. The summed E-state index contributed by atoms with van der Waals surface area (Å²) in [6.07, 6.45) is 9.84. The molecule has 1 aliphatic rings. The summed E-state index contributed by atoms with van der Waals surface area (Å²) < 4.78 is 2.29. The maximum atomic E-state index is 6.15. The van der Waals surface area contributed by atoms with Gasteiger partial charge < -0.3 is 24.8 Å². The van der Waals surface area contributed by atoms with Gasteiger partial charge in [-0.05, 0) is 0 Å². The van der Waals surface area contributed by atoms with Crippen molar-refractivity contribution in [3.63, 3.8) is 0 Å². The summed E-state index contributed by atoms with van der Waals surface area (Å²) >= 11 is -3.16. The van der Waals surface area contributed by atoms with Crippen LogP contribution >= 0.6 is 0 Å². The molecule has 0 aliphatic heterocycles. The molecule has 0 amide bonds. The van der Waals surface area contributed by atoms with Gasteiger partial charge in [0.05, 0.1) is 0 Å². The van der Waals surface area contributed by atoms with Gasteiger partial charge in [0, 0.05) is 0 Å². The Kier molecular flexibility index (Phi) is 7.50. The van der Waals surface area contributed by atoms with Crippen molar-refractivity contribution in [2.75, 3.05) is 6.61 Å². The first-order valence-corrected chi connectivity index (χ1v) is 15.3. The normalized spacial score (nSPS) is 15.8. The average molecular weight is 346 g/mol. The Hall–Kier alpha value is 0.534. The predicted molar refractivity (Wildman–Crippen MR) is 73.9 cm³/mol. The molecule has 19 heavy (non-hydrogen) atoms. The fraction of sp³-hybridized carbons (Fsp3) is 0.714. The molecule has 0 N–H and O–H groups in total. The second-order valence-corrected chi connectivity index (χ2v) is 28.6. The number of rotatable bonds is 6. The zero-order chi connectivity index (χ0) is 13.2. The van der Waals surface area contributed by atoms with Crippen LogP contribution in [0.2, 0.25) is 26.1 Å². The van der Waals surface area contributed by atoms with Crippen LogP contribution in [0.15, 0.2) is 23.9 Å². The molecular weight excluding hydrogens is 317 g/mol. The number of nitrogens with zero attached hydrogens (tertiary/aromatic N) is 1. The Balaban J connectivity index is 0. The molecule has 1 rings (SSSR count). The summed E-state index contributed by atoms with van der Waals surface area (Å²) in [6, 6.07) is 0. The first-order valence-electron chi connectivity index (χ1n) is 6.84. The molecule has 0 bridgehead atoms. The zero-order valence-corrected chi connectivity index (χ0v) is 16.2. The van der Waals surface area contributed by atoms with Gasteiger partial charge in [0.1, 0.15) is 0 Å². The second-order valence-electron chi connectivity index (χ2n) is 8.89. The van der Waals surface area contributed by atoms with E-state index in [0.717, 1.165) is 19.4 Å². The molecule has 1 aliphatic carbocycles. The van der Waals surface area contributed by atoms with Crippen LogP contribution in [0.5, 0.6) is 0 Å². The first kappa shape index (κ1) is 21.8. The molecule has 0 atom stereocenters. The maximum absolute atomic E-state index is 6.15. The van der Waals surface area contributed by atoms with Crippen molar-refractivity contribution < 1.29 is 43.9 Å². The van der Waals surface area contributed by atoms with Crippen LogP contribution in [0, 0.1) is 0 Å². The predicted octanol–water partition coefficient (Wildman–Crippen LogP) is -0.747. The summed E-state index contributed by atoms with van der Waals surface area (Å²) in [5.41, 5.74) is 1.32. The van der Waals surface area contributed by atoms with Crippen molar-refractivity contribution in [2.45, 2.75) is 52.3 Å². The van der Waals surface area contributed by atoms with Gasteiger partial charge in [0.2, 0.25) is 0 Å². The Labute approximate surface area is 130 Å². The molecule has 0 radical (unpaired) electrons. The fourth-order valence-corrected chi connectivity index (χ4v) is 5.66. The smallest absolute Gasteiger partial charge is 1.00 e. The number of hydroxylamine groups is 1. The van der Waals surface area contributed by atoms with Gasteiger partial charge in [-0.25, -0.2) is 0 Å². The van der Waals surface area contributed by atoms with Crippen LogP contribution in [-0.4, -0.2) is 10.2 Å². The number of unbranched alkanes of at least 4 members (excludes halogenated alkanes) is 1. The summed E-state index contributed by atoms with van der Waals surface area (Å²) in [7, 11) is 0. The number of hydrogen-bond donors (Lipinski definition) is 0. The van der Waals surface area contributed by atoms with E-state index in [1.54, 1.807) is 0 Å². The van der Waals surface area contributed by atoms with Crippen LogP contribution in [0.4, 0.5) is 0 Å².